The molecule has 0 amide bonds. The van der Waals surface area contributed by atoms with E-state index in [1.54, 1.807) is 6.92 Å². The number of carbonyl (C=O) groups excluding carboxylic acids is 1. The standard InChI is InChI=1S/C16H18BrClO2/c1-3-5-6-10-14(16(19)20-4-2)15(18)12-8-7-9-13(17)11-12/h3,7-9,11H,1,4-6,10H2,2H3/b15-14-. The lowest BCUT2D eigenvalue weighted by Crippen LogP contribution is -2.09. The molecule has 0 saturated heterocycles. The van der Waals surface area contributed by atoms with Crippen LogP contribution in [0, 0.1) is 0 Å². The normalized spacial score (nSPS) is 11.8. The van der Waals surface area contributed by atoms with Crippen LogP contribution in [-0.4, -0.2) is 12.6 Å². The number of unbranched alkanes of at least 4 members (excludes halogenated alkanes) is 1. The molecule has 1 aromatic carbocycles. The van der Waals surface area contributed by atoms with Crippen molar-refractivity contribution in [2.75, 3.05) is 6.61 Å². The van der Waals surface area contributed by atoms with Crippen LogP contribution in [0.1, 0.15) is 31.7 Å². The van der Waals surface area contributed by atoms with Gasteiger partial charge in [0.1, 0.15) is 0 Å². The number of rotatable bonds is 7. The van der Waals surface area contributed by atoms with Crippen LogP contribution >= 0.6 is 27.5 Å². The molecule has 0 bridgehead atoms. The fraction of sp³-hybridized carbons (Fsp3) is 0.312. The van der Waals surface area contributed by atoms with Crippen LogP contribution in [0.2, 0.25) is 0 Å². The van der Waals surface area contributed by atoms with Crippen LogP contribution in [0.15, 0.2) is 47.0 Å². The molecule has 108 valence electrons. The summed E-state index contributed by atoms with van der Waals surface area (Å²) in [7, 11) is 0. The molecule has 0 aliphatic carbocycles. The van der Waals surface area contributed by atoms with Crippen molar-refractivity contribution in [1.29, 1.82) is 0 Å². The second-order valence-corrected chi connectivity index (χ2v) is 5.50. The zero-order valence-electron chi connectivity index (χ0n) is 11.5. The number of ether oxygens (including phenoxy) is 1. The van der Waals surface area contributed by atoms with Crippen LogP contribution in [0.4, 0.5) is 0 Å². The molecule has 2 nitrogen and oxygen atoms in total. The SMILES string of the molecule is C=CCCC/C(C(=O)OCC)=C(/Cl)c1cccc(Br)c1. The zero-order valence-corrected chi connectivity index (χ0v) is 13.8. The Bertz CT molecular complexity index is 509. The van der Waals surface area contributed by atoms with Gasteiger partial charge in [0.25, 0.3) is 0 Å². The zero-order chi connectivity index (χ0) is 15.0. The third-order valence-corrected chi connectivity index (χ3v) is 3.64. The van der Waals surface area contributed by atoms with E-state index in [1.165, 1.54) is 0 Å². The van der Waals surface area contributed by atoms with Crippen molar-refractivity contribution in [3.8, 4) is 0 Å². The van der Waals surface area contributed by atoms with Crippen LogP contribution < -0.4 is 0 Å². The summed E-state index contributed by atoms with van der Waals surface area (Å²) >= 11 is 9.79. The molecule has 0 aliphatic heterocycles. The highest BCUT2D eigenvalue weighted by Gasteiger charge is 2.16. The maximum Gasteiger partial charge on any atom is 0.335 e. The number of allylic oxidation sites excluding steroid dienone is 1. The van der Waals surface area contributed by atoms with Gasteiger partial charge in [0.05, 0.1) is 17.2 Å². The van der Waals surface area contributed by atoms with Gasteiger partial charge >= 0.3 is 5.97 Å². The van der Waals surface area contributed by atoms with Gasteiger partial charge in [0.2, 0.25) is 0 Å². The molecule has 0 fully saturated rings. The van der Waals surface area contributed by atoms with Crippen LogP contribution in [0.5, 0.6) is 0 Å². The van der Waals surface area contributed by atoms with Crippen LogP contribution in [-0.2, 0) is 9.53 Å². The molecule has 0 N–H and O–H groups in total. The van der Waals surface area contributed by atoms with Gasteiger partial charge in [0, 0.05) is 4.47 Å². The number of hydrogen-bond donors (Lipinski definition) is 0. The largest absolute Gasteiger partial charge is 0.463 e. The van der Waals surface area contributed by atoms with Gasteiger partial charge in [-0.15, -0.1) is 6.58 Å². The first-order valence-electron chi connectivity index (χ1n) is 6.52. The average Bonchev–Trinajstić information content (AvgIpc) is 2.43. The first-order chi connectivity index (χ1) is 9.60. The Morgan fingerprint density at radius 1 is 1.50 bits per heavy atom. The summed E-state index contributed by atoms with van der Waals surface area (Å²) in [5.41, 5.74) is 1.33. The molecule has 20 heavy (non-hydrogen) atoms. The Labute approximate surface area is 133 Å². The molecule has 0 radical (unpaired) electrons. The van der Waals surface area contributed by atoms with Crippen molar-refractivity contribution in [2.24, 2.45) is 0 Å². The molecule has 0 spiro atoms. The molecule has 0 saturated carbocycles. The summed E-state index contributed by atoms with van der Waals surface area (Å²) in [6.07, 6.45) is 4.07. The van der Waals surface area contributed by atoms with Crippen molar-refractivity contribution in [1.82, 2.24) is 0 Å². The quantitative estimate of drug-likeness (QED) is 0.286. The molecule has 0 heterocycles. The highest BCUT2D eigenvalue weighted by Crippen LogP contribution is 2.29. The van der Waals surface area contributed by atoms with E-state index in [1.807, 2.05) is 30.3 Å². The molecule has 0 unspecified atom stereocenters. The van der Waals surface area contributed by atoms with Gasteiger partial charge < -0.3 is 4.74 Å². The van der Waals surface area contributed by atoms with E-state index in [2.05, 4.69) is 22.5 Å². The lowest BCUT2D eigenvalue weighted by molar-refractivity contribution is -0.138. The highest BCUT2D eigenvalue weighted by molar-refractivity contribution is 9.10. The van der Waals surface area contributed by atoms with Gasteiger partial charge in [-0.1, -0.05) is 45.7 Å². The third-order valence-electron chi connectivity index (χ3n) is 2.70. The van der Waals surface area contributed by atoms with E-state index >= 15 is 0 Å². The van der Waals surface area contributed by atoms with Crippen molar-refractivity contribution < 1.29 is 9.53 Å². The van der Waals surface area contributed by atoms with Gasteiger partial charge in [0.15, 0.2) is 0 Å². The van der Waals surface area contributed by atoms with Gasteiger partial charge in [-0.2, -0.15) is 0 Å². The molecule has 0 atom stereocenters. The predicted octanol–water partition coefficient (Wildman–Crippen LogP) is 5.32. The summed E-state index contributed by atoms with van der Waals surface area (Å²) in [5, 5.41) is 0.453. The Kier molecular flexibility index (Phi) is 7.63. The highest BCUT2D eigenvalue weighted by atomic mass is 79.9. The van der Waals surface area contributed by atoms with Crippen LogP contribution in [0.3, 0.4) is 0 Å². The summed E-state index contributed by atoms with van der Waals surface area (Å²) in [6, 6.07) is 7.55. The minimum Gasteiger partial charge on any atom is -0.463 e. The summed E-state index contributed by atoms with van der Waals surface area (Å²) in [5.74, 6) is -0.346. The maximum absolute atomic E-state index is 12.0. The molecule has 4 heteroatoms. The van der Waals surface area contributed by atoms with E-state index in [4.69, 9.17) is 16.3 Å². The van der Waals surface area contributed by atoms with E-state index in [0.29, 0.717) is 23.6 Å². The van der Waals surface area contributed by atoms with Crippen LogP contribution in [0.25, 0.3) is 5.03 Å². The Morgan fingerprint density at radius 2 is 2.25 bits per heavy atom. The number of esters is 1. The first kappa shape index (κ1) is 17.0. The number of halogens is 2. The number of hydrogen-bond acceptors (Lipinski definition) is 2. The minimum absolute atomic E-state index is 0.340. The molecule has 1 aromatic rings. The van der Waals surface area contributed by atoms with E-state index in [-0.39, 0.29) is 5.97 Å². The third kappa shape index (κ3) is 5.14. The second-order valence-electron chi connectivity index (χ2n) is 4.20. The lowest BCUT2D eigenvalue weighted by atomic mass is 10.0. The van der Waals surface area contributed by atoms with Gasteiger partial charge in [-0.25, -0.2) is 4.79 Å². The first-order valence-corrected chi connectivity index (χ1v) is 7.69. The lowest BCUT2D eigenvalue weighted by Gasteiger charge is -2.10. The Morgan fingerprint density at radius 3 is 2.85 bits per heavy atom. The summed E-state index contributed by atoms with van der Waals surface area (Å²) < 4.78 is 6.01. The molecule has 0 aliphatic rings. The smallest absolute Gasteiger partial charge is 0.335 e. The Balaban J connectivity index is 3.07. The van der Waals surface area contributed by atoms with E-state index in [9.17, 15) is 4.79 Å². The maximum atomic E-state index is 12.0. The topological polar surface area (TPSA) is 26.3 Å². The van der Waals surface area contributed by atoms with E-state index < -0.39 is 0 Å². The summed E-state index contributed by atoms with van der Waals surface area (Å²) in [6.45, 7) is 5.81. The average molecular weight is 358 g/mol. The van der Waals surface area contributed by atoms with Gasteiger partial charge in [-0.3, -0.25) is 0 Å². The predicted molar refractivity (Wildman–Crippen MR) is 87.6 cm³/mol. The Hall–Kier alpha value is -1.06. The second kappa shape index (κ2) is 8.98. The van der Waals surface area contributed by atoms with E-state index in [0.717, 1.165) is 22.9 Å². The monoisotopic (exact) mass is 356 g/mol. The summed E-state index contributed by atoms with van der Waals surface area (Å²) in [4.78, 5) is 12.0. The fourth-order valence-corrected chi connectivity index (χ4v) is 2.43. The van der Waals surface area contributed by atoms with Crippen molar-refractivity contribution in [2.45, 2.75) is 26.2 Å². The van der Waals surface area contributed by atoms with Gasteiger partial charge in [-0.05, 0) is 43.9 Å². The fourth-order valence-electron chi connectivity index (χ4n) is 1.74. The molecule has 0 aromatic heterocycles. The molecular weight excluding hydrogens is 340 g/mol. The van der Waals surface area contributed by atoms with Crippen molar-refractivity contribution in [3.63, 3.8) is 0 Å². The minimum atomic E-state index is -0.346. The molecule has 1 rings (SSSR count). The number of benzene rings is 1. The number of carbonyl (C=O) groups is 1. The van der Waals surface area contributed by atoms with Crippen molar-refractivity contribution in [3.05, 3.63) is 52.5 Å². The molecular formula is C16H18BrClO2. The van der Waals surface area contributed by atoms with Crippen molar-refractivity contribution >= 4 is 38.5 Å².